The van der Waals surface area contributed by atoms with Gasteiger partial charge in [0.15, 0.2) is 0 Å². The zero-order valence-electron chi connectivity index (χ0n) is 13.7. The van der Waals surface area contributed by atoms with Crippen LogP contribution in [-0.2, 0) is 23.9 Å². The monoisotopic (exact) mass is 302 g/mol. The number of ketones is 1. The molecule has 0 radical (unpaired) electrons. The van der Waals surface area contributed by atoms with Crippen molar-refractivity contribution in [1.29, 1.82) is 0 Å². The van der Waals surface area contributed by atoms with Gasteiger partial charge in [0.1, 0.15) is 5.78 Å². The van der Waals surface area contributed by atoms with E-state index in [0.29, 0.717) is 0 Å². The Morgan fingerprint density at radius 3 is 1.86 bits per heavy atom. The predicted octanol–water partition coefficient (Wildman–Crippen LogP) is 1.83. The molecule has 0 spiro atoms. The molecule has 0 aromatic carbocycles. The summed E-state index contributed by atoms with van der Waals surface area (Å²) in [6.45, 7) is 9.77. The predicted molar refractivity (Wildman–Crippen MR) is 76.2 cm³/mol. The number of carbonyl (C=O) groups excluding carboxylic acids is 3. The maximum atomic E-state index is 11.7. The summed E-state index contributed by atoms with van der Waals surface area (Å²) >= 11 is 0. The first-order chi connectivity index (χ1) is 9.34. The van der Waals surface area contributed by atoms with Crippen LogP contribution >= 0.6 is 0 Å². The second kappa shape index (κ2) is 7.54. The van der Waals surface area contributed by atoms with Gasteiger partial charge >= 0.3 is 11.9 Å². The molecule has 21 heavy (non-hydrogen) atoms. The average molecular weight is 302 g/mol. The average Bonchev–Trinajstić information content (AvgIpc) is 2.25. The molecule has 1 unspecified atom stereocenters. The summed E-state index contributed by atoms with van der Waals surface area (Å²) in [5, 5.41) is 9.66. The first kappa shape index (κ1) is 19.6. The third-order valence-electron chi connectivity index (χ3n) is 2.68. The van der Waals surface area contributed by atoms with E-state index >= 15 is 0 Å². The topological polar surface area (TPSA) is 89.9 Å². The zero-order valence-corrected chi connectivity index (χ0v) is 13.7. The van der Waals surface area contributed by atoms with Crippen LogP contribution in [-0.4, -0.2) is 35.7 Å². The number of hydrogen-bond donors (Lipinski definition) is 1. The largest absolute Gasteiger partial charge is 0.428 e. The summed E-state index contributed by atoms with van der Waals surface area (Å²) in [5.41, 5.74) is -1.24. The van der Waals surface area contributed by atoms with Gasteiger partial charge in [0.25, 0.3) is 0 Å². The lowest BCUT2D eigenvalue weighted by Gasteiger charge is -2.19. The van der Waals surface area contributed by atoms with Gasteiger partial charge in [-0.2, -0.15) is 0 Å². The van der Waals surface area contributed by atoms with Crippen molar-refractivity contribution in [2.75, 3.05) is 6.79 Å². The summed E-state index contributed by atoms with van der Waals surface area (Å²) in [4.78, 5) is 34.5. The number of carbonyl (C=O) groups is 3. The molecule has 0 saturated carbocycles. The van der Waals surface area contributed by atoms with Crippen LogP contribution in [0.25, 0.3) is 0 Å². The molecule has 0 amide bonds. The maximum Gasteiger partial charge on any atom is 0.314 e. The molecule has 0 aromatic heterocycles. The molecule has 1 atom stereocenters. The van der Waals surface area contributed by atoms with Crippen molar-refractivity contribution < 1.29 is 29.0 Å². The smallest absolute Gasteiger partial charge is 0.314 e. The molecule has 0 heterocycles. The maximum absolute atomic E-state index is 11.7. The van der Waals surface area contributed by atoms with Gasteiger partial charge in [-0.1, -0.05) is 20.8 Å². The quantitative estimate of drug-likeness (QED) is 0.594. The van der Waals surface area contributed by atoms with Crippen LogP contribution in [0.15, 0.2) is 0 Å². The van der Waals surface area contributed by atoms with E-state index in [9.17, 15) is 19.5 Å². The second-order valence-corrected chi connectivity index (χ2v) is 7.05. The normalized spacial score (nSPS) is 13.5. The summed E-state index contributed by atoms with van der Waals surface area (Å²) in [7, 11) is 0. The highest BCUT2D eigenvalue weighted by Gasteiger charge is 2.26. The Hall–Kier alpha value is -1.43. The van der Waals surface area contributed by atoms with Crippen molar-refractivity contribution in [3.63, 3.8) is 0 Å². The number of aliphatic hydroxyl groups is 1. The van der Waals surface area contributed by atoms with Gasteiger partial charge < -0.3 is 14.6 Å². The van der Waals surface area contributed by atoms with Gasteiger partial charge in [-0.05, 0) is 20.8 Å². The molecule has 0 aliphatic rings. The van der Waals surface area contributed by atoms with Crippen LogP contribution in [0.2, 0.25) is 0 Å². The van der Waals surface area contributed by atoms with Gasteiger partial charge in [0.2, 0.25) is 6.79 Å². The molecule has 0 rings (SSSR count). The molecular weight excluding hydrogens is 276 g/mol. The second-order valence-electron chi connectivity index (χ2n) is 7.05. The van der Waals surface area contributed by atoms with E-state index in [4.69, 9.17) is 9.47 Å². The number of Topliss-reactive ketones (excluding diaryl/α,β-unsaturated/α-hetero) is 1. The summed E-state index contributed by atoms with van der Waals surface area (Å²) in [5.74, 6) is -1.34. The highest BCUT2D eigenvalue weighted by atomic mass is 16.7. The van der Waals surface area contributed by atoms with Gasteiger partial charge in [-0.15, -0.1) is 0 Å². The lowest BCUT2D eigenvalue weighted by Crippen LogP contribution is -2.28. The highest BCUT2D eigenvalue weighted by Crippen LogP contribution is 2.19. The lowest BCUT2D eigenvalue weighted by atomic mass is 9.87. The molecule has 0 aliphatic carbocycles. The summed E-state index contributed by atoms with van der Waals surface area (Å²) in [6, 6.07) is 0. The molecule has 0 fully saturated rings. The molecule has 0 saturated heterocycles. The highest BCUT2D eigenvalue weighted by molar-refractivity contribution is 5.84. The molecule has 0 bridgehead atoms. The molecule has 6 nitrogen and oxygen atoms in total. The van der Waals surface area contributed by atoms with Crippen molar-refractivity contribution in [3.05, 3.63) is 0 Å². The van der Waals surface area contributed by atoms with Crippen molar-refractivity contribution >= 4 is 17.7 Å². The Balaban J connectivity index is 4.05. The van der Waals surface area contributed by atoms with Crippen LogP contribution in [0.1, 0.15) is 54.4 Å². The van der Waals surface area contributed by atoms with Gasteiger partial charge in [0.05, 0.1) is 17.9 Å². The van der Waals surface area contributed by atoms with Gasteiger partial charge in [0, 0.05) is 11.8 Å². The molecule has 122 valence electrons. The zero-order chi connectivity index (χ0) is 16.8. The SMILES string of the molecule is CC(C)(C)C(=O)CC(O)CC(=O)OCOC(=O)C(C)(C)C. The summed E-state index contributed by atoms with van der Waals surface area (Å²) in [6.07, 6.45) is -1.52. The van der Waals surface area contributed by atoms with Gasteiger partial charge in [-0.3, -0.25) is 14.4 Å². The lowest BCUT2D eigenvalue weighted by molar-refractivity contribution is -0.174. The van der Waals surface area contributed by atoms with E-state index in [0.717, 1.165) is 0 Å². The van der Waals surface area contributed by atoms with E-state index in [2.05, 4.69) is 0 Å². The third kappa shape index (κ3) is 8.45. The Morgan fingerprint density at radius 2 is 1.43 bits per heavy atom. The molecular formula is C15H26O6. The Kier molecular flexibility index (Phi) is 7.03. The van der Waals surface area contributed by atoms with E-state index in [1.54, 1.807) is 41.5 Å². The molecule has 0 aliphatic heterocycles. The fourth-order valence-electron chi connectivity index (χ4n) is 1.21. The number of ether oxygens (including phenoxy) is 2. The van der Waals surface area contributed by atoms with Crippen molar-refractivity contribution in [3.8, 4) is 0 Å². The minimum atomic E-state index is -1.09. The van der Waals surface area contributed by atoms with Gasteiger partial charge in [-0.25, -0.2) is 0 Å². The van der Waals surface area contributed by atoms with Crippen LogP contribution < -0.4 is 0 Å². The van der Waals surface area contributed by atoms with E-state index in [1.807, 2.05) is 0 Å². The fraction of sp³-hybridized carbons (Fsp3) is 0.800. The van der Waals surface area contributed by atoms with Crippen LogP contribution in [0.4, 0.5) is 0 Å². The first-order valence-electron chi connectivity index (χ1n) is 6.88. The van der Waals surface area contributed by atoms with Crippen molar-refractivity contribution in [2.45, 2.75) is 60.5 Å². The van der Waals surface area contributed by atoms with Crippen molar-refractivity contribution in [2.24, 2.45) is 10.8 Å². The van der Waals surface area contributed by atoms with Crippen LogP contribution in [0.5, 0.6) is 0 Å². The fourth-order valence-corrected chi connectivity index (χ4v) is 1.21. The number of esters is 2. The van der Waals surface area contributed by atoms with E-state index in [1.165, 1.54) is 0 Å². The Labute approximate surface area is 125 Å². The number of rotatable bonds is 6. The van der Waals surface area contributed by atoms with E-state index < -0.39 is 35.7 Å². The first-order valence-corrected chi connectivity index (χ1v) is 6.88. The summed E-state index contributed by atoms with van der Waals surface area (Å²) < 4.78 is 9.46. The molecule has 6 heteroatoms. The standard InChI is InChI=1S/C15H26O6/c1-14(2,3)11(17)7-10(16)8-12(18)20-9-21-13(19)15(4,5)6/h10,16H,7-9H2,1-6H3. The molecule has 0 aromatic rings. The Morgan fingerprint density at radius 1 is 0.905 bits per heavy atom. The van der Waals surface area contributed by atoms with Crippen LogP contribution in [0.3, 0.4) is 0 Å². The Bertz CT molecular complexity index is 386. The van der Waals surface area contributed by atoms with Crippen LogP contribution in [0, 0.1) is 10.8 Å². The number of hydrogen-bond acceptors (Lipinski definition) is 6. The minimum absolute atomic E-state index is 0.111. The number of aliphatic hydroxyl groups excluding tert-OH is 1. The third-order valence-corrected chi connectivity index (χ3v) is 2.68. The molecule has 1 N–H and O–H groups in total. The minimum Gasteiger partial charge on any atom is -0.428 e. The van der Waals surface area contributed by atoms with E-state index in [-0.39, 0.29) is 18.6 Å². The van der Waals surface area contributed by atoms with Crippen molar-refractivity contribution in [1.82, 2.24) is 0 Å².